The average molecular weight is 206 g/mol. The molecule has 0 saturated heterocycles. The van der Waals surface area contributed by atoms with Crippen molar-refractivity contribution in [2.75, 3.05) is 0 Å². The molecule has 0 radical (unpaired) electrons. The van der Waals surface area contributed by atoms with Crippen LogP contribution in [0.4, 0.5) is 0 Å². The highest BCUT2D eigenvalue weighted by Gasteiger charge is 2.01. The molecule has 0 aromatic rings. The molecular formula is C15H26. The van der Waals surface area contributed by atoms with E-state index in [1.165, 1.54) is 19.3 Å². The van der Waals surface area contributed by atoms with Gasteiger partial charge in [-0.05, 0) is 38.0 Å². The van der Waals surface area contributed by atoms with Gasteiger partial charge in [-0.1, -0.05) is 57.2 Å². The van der Waals surface area contributed by atoms with E-state index in [2.05, 4.69) is 64.2 Å². The number of rotatable bonds is 6. The van der Waals surface area contributed by atoms with E-state index in [0.717, 1.165) is 6.42 Å². The van der Waals surface area contributed by atoms with Crippen LogP contribution in [0.5, 0.6) is 0 Å². The van der Waals surface area contributed by atoms with Gasteiger partial charge in [-0.25, -0.2) is 0 Å². The third-order valence-electron chi connectivity index (χ3n) is 2.02. The van der Waals surface area contributed by atoms with Crippen molar-refractivity contribution < 1.29 is 0 Å². The van der Waals surface area contributed by atoms with Crippen molar-refractivity contribution in [3.63, 3.8) is 0 Å². The first-order valence-corrected chi connectivity index (χ1v) is 6.00. The van der Waals surface area contributed by atoms with Crippen LogP contribution in [0, 0.1) is 5.41 Å². The SMILES string of the molecule is C/C=C/CC/C=C/CC/C=C/C(C)(C)C. The van der Waals surface area contributed by atoms with E-state index in [-0.39, 0.29) is 0 Å². The van der Waals surface area contributed by atoms with Crippen LogP contribution < -0.4 is 0 Å². The molecule has 0 heteroatoms. The minimum absolute atomic E-state index is 0.329. The molecule has 0 heterocycles. The van der Waals surface area contributed by atoms with E-state index in [0.29, 0.717) is 5.41 Å². The summed E-state index contributed by atoms with van der Waals surface area (Å²) in [6.07, 6.45) is 18.2. The van der Waals surface area contributed by atoms with Crippen molar-refractivity contribution in [3.8, 4) is 0 Å². The molecule has 0 aliphatic heterocycles. The first-order valence-electron chi connectivity index (χ1n) is 6.00. The molecule has 0 bridgehead atoms. The molecule has 0 N–H and O–H groups in total. The van der Waals surface area contributed by atoms with Crippen molar-refractivity contribution in [2.24, 2.45) is 5.41 Å². The Hall–Kier alpha value is -0.780. The second-order valence-electron chi connectivity index (χ2n) is 4.96. The van der Waals surface area contributed by atoms with Crippen LogP contribution in [0.1, 0.15) is 53.4 Å². The maximum Gasteiger partial charge on any atom is -0.0203 e. The highest BCUT2D eigenvalue weighted by molar-refractivity contribution is 4.94. The largest absolute Gasteiger partial charge is 0.0917 e. The fourth-order valence-electron chi connectivity index (χ4n) is 1.22. The van der Waals surface area contributed by atoms with Crippen molar-refractivity contribution in [1.82, 2.24) is 0 Å². The first kappa shape index (κ1) is 14.2. The Bertz CT molecular complexity index is 211. The Morgan fingerprint density at radius 1 is 0.733 bits per heavy atom. The molecule has 0 aromatic heterocycles. The van der Waals surface area contributed by atoms with Crippen molar-refractivity contribution in [3.05, 3.63) is 36.5 Å². The normalized spacial score (nSPS) is 13.6. The van der Waals surface area contributed by atoms with E-state index < -0.39 is 0 Å². The molecule has 0 saturated carbocycles. The van der Waals surface area contributed by atoms with E-state index >= 15 is 0 Å². The quantitative estimate of drug-likeness (QED) is 0.409. The Kier molecular flexibility index (Phi) is 8.08. The molecule has 0 unspecified atom stereocenters. The second-order valence-corrected chi connectivity index (χ2v) is 4.96. The van der Waals surface area contributed by atoms with Gasteiger partial charge in [0, 0.05) is 0 Å². The Morgan fingerprint density at radius 2 is 1.20 bits per heavy atom. The fraction of sp³-hybridized carbons (Fsp3) is 0.600. The number of allylic oxidation sites excluding steroid dienone is 6. The predicted octanol–water partition coefficient (Wildman–Crippen LogP) is 5.28. The number of hydrogen-bond acceptors (Lipinski definition) is 0. The minimum atomic E-state index is 0.329. The molecule has 0 atom stereocenters. The fourth-order valence-corrected chi connectivity index (χ4v) is 1.22. The molecule has 0 spiro atoms. The third kappa shape index (κ3) is 13.2. The van der Waals surface area contributed by atoms with Gasteiger partial charge in [0.1, 0.15) is 0 Å². The highest BCUT2D eigenvalue weighted by atomic mass is 14.1. The lowest BCUT2D eigenvalue weighted by molar-refractivity contribution is 0.542. The first-order chi connectivity index (χ1) is 7.06. The smallest absolute Gasteiger partial charge is 0.0203 e. The van der Waals surface area contributed by atoms with Gasteiger partial charge in [0.15, 0.2) is 0 Å². The van der Waals surface area contributed by atoms with Crippen molar-refractivity contribution in [2.45, 2.75) is 53.4 Å². The van der Waals surface area contributed by atoms with Gasteiger partial charge in [0.05, 0.1) is 0 Å². The van der Waals surface area contributed by atoms with Crippen LogP contribution in [-0.2, 0) is 0 Å². The molecular weight excluding hydrogens is 180 g/mol. The van der Waals surface area contributed by atoms with Gasteiger partial charge in [0.2, 0.25) is 0 Å². The third-order valence-corrected chi connectivity index (χ3v) is 2.02. The minimum Gasteiger partial charge on any atom is -0.0917 e. The summed E-state index contributed by atoms with van der Waals surface area (Å²) in [6, 6.07) is 0. The van der Waals surface area contributed by atoms with Crippen LogP contribution in [0.2, 0.25) is 0 Å². The molecule has 15 heavy (non-hydrogen) atoms. The Morgan fingerprint density at radius 3 is 1.67 bits per heavy atom. The van der Waals surface area contributed by atoms with Gasteiger partial charge in [-0.2, -0.15) is 0 Å². The van der Waals surface area contributed by atoms with Gasteiger partial charge in [-0.3, -0.25) is 0 Å². The molecule has 0 fully saturated rings. The highest BCUT2D eigenvalue weighted by Crippen LogP contribution is 2.15. The van der Waals surface area contributed by atoms with E-state index in [9.17, 15) is 0 Å². The van der Waals surface area contributed by atoms with Gasteiger partial charge in [-0.15, -0.1) is 0 Å². The summed E-state index contributed by atoms with van der Waals surface area (Å²) in [4.78, 5) is 0. The summed E-state index contributed by atoms with van der Waals surface area (Å²) in [5, 5.41) is 0. The zero-order valence-electron chi connectivity index (χ0n) is 10.8. The van der Waals surface area contributed by atoms with Crippen LogP contribution in [0.25, 0.3) is 0 Å². The van der Waals surface area contributed by atoms with E-state index in [4.69, 9.17) is 0 Å². The molecule has 0 aliphatic rings. The molecule has 0 aliphatic carbocycles. The van der Waals surface area contributed by atoms with Crippen LogP contribution in [-0.4, -0.2) is 0 Å². The lowest BCUT2D eigenvalue weighted by atomic mass is 9.96. The summed E-state index contributed by atoms with van der Waals surface area (Å²) < 4.78 is 0. The molecule has 0 aromatic carbocycles. The standard InChI is InChI=1S/C15H26/c1-5-6-7-8-9-10-11-12-13-14-15(2,3)4/h5-6,9-10,13-14H,7-8,11-12H2,1-4H3/b6-5+,10-9+,14-13+. The second kappa shape index (κ2) is 8.52. The van der Waals surface area contributed by atoms with Crippen LogP contribution in [0.3, 0.4) is 0 Å². The van der Waals surface area contributed by atoms with Gasteiger partial charge >= 0.3 is 0 Å². The lowest BCUT2D eigenvalue weighted by Crippen LogP contribution is -1.97. The van der Waals surface area contributed by atoms with Crippen LogP contribution >= 0.6 is 0 Å². The van der Waals surface area contributed by atoms with Crippen molar-refractivity contribution >= 4 is 0 Å². The zero-order chi connectivity index (χ0) is 11.6. The summed E-state index contributed by atoms with van der Waals surface area (Å²) in [5.74, 6) is 0. The number of unbranched alkanes of at least 4 members (excludes halogenated alkanes) is 2. The molecule has 0 nitrogen and oxygen atoms in total. The van der Waals surface area contributed by atoms with E-state index in [1.54, 1.807) is 0 Å². The Balaban J connectivity index is 3.42. The summed E-state index contributed by atoms with van der Waals surface area (Å²) in [5.41, 5.74) is 0.329. The Labute approximate surface area is 95.8 Å². The number of hydrogen-bond donors (Lipinski definition) is 0. The van der Waals surface area contributed by atoms with Gasteiger partial charge < -0.3 is 0 Å². The monoisotopic (exact) mass is 206 g/mol. The van der Waals surface area contributed by atoms with Gasteiger partial charge in [0.25, 0.3) is 0 Å². The maximum atomic E-state index is 2.29. The summed E-state index contributed by atoms with van der Waals surface area (Å²) in [7, 11) is 0. The zero-order valence-corrected chi connectivity index (χ0v) is 10.8. The molecule has 86 valence electrons. The van der Waals surface area contributed by atoms with Crippen molar-refractivity contribution in [1.29, 1.82) is 0 Å². The maximum absolute atomic E-state index is 2.29. The molecule has 0 rings (SSSR count). The predicted molar refractivity (Wildman–Crippen MR) is 71.0 cm³/mol. The van der Waals surface area contributed by atoms with E-state index in [1.807, 2.05) is 0 Å². The molecule has 0 amide bonds. The average Bonchev–Trinajstić information content (AvgIpc) is 2.14. The summed E-state index contributed by atoms with van der Waals surface area (Å²) in [6.45, 7) is 8.77. The summed E-state index contributed by atoms with van der Waals surface area (Å²) >= 11 is 0. The topological polar surface area (TPSA) is 0 Å². The lowest BCUT2D eigenvalue weighted by Gasteiger charge is -2.10. The van der Waals surface area contributed by atoms with Crippen LogP contribution in [0.15, 0.2) is 36.5 Å².